The van der Waals surface area contributed by atoms with Crippen LogP contribution in [0.15, 0.2) is 18.2 Å². The highest BCUT2D eigenvalue weighted by Crippen LogP contribution is 2.33. The number of halogens is 1. The first-order valence-electron chi connectivity index (χ1n) is 5.68. The summed E-state index contributed by atoms with van der Waals surface area (Å²) in [7, 11) is 0. The van der Waals surface area contributed by atoms with Gasteiger partial charge in [0.1, 0.15) is 10.7 Å². The number of carboxylic acid groups (broad SMARTS) is 1. The van der Waals surface area contributed by atoms with Gasteiger partial charge in [-0.2, -0.15) is 0 Å². The molecule has 5 heteroatoms. The maximum absolute atomic E-state index is 13.9. The third-order valence-electron chi connectivity index (χ3n) is 2.65. The number of carboxylic acids is 1. The molecule has 2 N–H and O–H groups in total. The van der Waals surface area contributed by atoms with Crippen molar-refractivity contribution in [2.24, 2.45) is 0 Å². The first-order valence-corrected chi connectivity index (χ1v) is 6.50. The standard InChI is InChI=1S/C14H12FNO2S/c1-2-3-7-16-8-9-12-10(15)5-4-6-11(12)19-13(9)14(17)18/h4-6,16H,7-8H2,1H3,(H,17,18). The van der Waals surface area contributed by atoms with Gasteiger partial charge in [-0.15, -0.1) is 17.3 Å². The predicted octanol–water partition coefficient (Wildman–Crippen LogP) is 2.85. The van der Waals surface area contributed by atoms with Crippen molar-refractivity contribution in [2.75, 3.05) is 6.54 Å². The zero-order chi connectivity index (χ0) is 13.8. The van der Waals surface area contributed by atoms with Crippen molar-refractivity contribution in [2.45, 2.75) is 13.5 Å². The molecular formula is C14H12FNO2S. The normalized spacial score (nSPS) is 10.2. The molecule has 0 aliphatic carbocycles. The molecule has 0 saturated heterocycles. The summed E-state index contributed by atoms with van der Waals surface area (Å²) >= 11 is 1.09. The van der Waals surface area contributed by atoms with Gasteiger partial charge in [-0.25, -0.2) is 9.18 Å². The summed E-state index contributed by atoms with van der Waals surface area (Å²) in [5, 5.41) is 12.6. The van der Waals surface area contributed by atoms with Crippen molar-refractivity contribution in [3.63, 3.8) is 0 Å². The molecule has 19 heavy (non-hydrogen) atoms. The molecule has 1 heterocycles. The number of benzene rings is 1. The molecule has 0 fully saturated rings. The SMILES string of the molecule is CC#CCNCc1c(C(=O)O)sc2cccc(F)c12. The lowest BCUT2D eigenvalue weighted by atomic mass is 10.1. The second-order valence-electron chi connectivity index (χ2n) is 3.86. The fraction of sp³-hybridized carbons (Fsp3) is 0.214. The van der Waals surface area contributed by atoms with E-state index in [1.165, 1.54) is 6.07 Å². The summed E-state index contributed by atoms with van der Waals surface area (Å²) in [5.74, 6) is 4.14. The smallest absolute Gasteiger partial charge is 0.346 e. The lowest BCUT2D eigenvalue weighted by Crippen LogP contribution is -2.15. The van der Waals surface area contributed by atoms with E-state index in [4.69, 9.17) is 0 Å². The Kier molecular flexibility index (Phi) is 4.15. The lowest BCUT2D eigenvalue weighted by molar-refractivity contribution is 0.0701. The zero-order valence-corrected chi connectivity index (χ0v) is 11.1. The largest absolute Gasteiger partial charge is 0.477 e. The number of rotatable bonds is 4. The van der Waals surface area contributed by atoms with E-state index in [0.29, 0.717) is 22.2 Å². The van der Waals surface area contributed by atoms with Crippen LogP contribution in [0.1, 0.15) is 22.2 Å². The Morgan fingerprint density at radius 1 is 1.53 bits per heavy atom. The summed E-state index contributed by atoms with van der Waals surface area (Å²) in [4.78, 5) is 11.4. The number of nitrogens with one attached hydrogen (secondary N) is 1. The minimum Gasteiger partial charge on any atom is -0.477 e. The molecule has 0 amide bonds. The Bertz CT molecular complexity index is 682. The van der Waals surface area contributed by atoms with E-state index in [1.54, 1.807) is 19.1 Å². The molecule has 1 aromatic carbocycles. The minimum atomic E-state index is -1.03. The Hall–Kier alpha value is -1.90. The van der Waals surface area contributed by atoms with Crippen LogP contribution in [0.5, 0.6) is 0 Å². The van der Waals surface area contributed by atoms with E-state index >= 15 is 0 Å². The minimum absolute atomic E-state index is 0.178. The molecule has 0 bridgehead atoms. The maximum Gasteiger partial charge on any atom is 0.346 e. The van der Waals surface area contributed by atoms with Crippen molar-refractivity contribution >= 4 is 27.4 Å². The van der Waals surface area contributed by atoms with Crippen molar-refractivity contribution in [3.05, 3.63) is 34.5 Å². The molecule has 2 aromatic rings. The Morgan fingerprint density at radius 3 is 3.00 bits per heavy atom. The van der Waals surface area contributed by atoms with Gasteiger partial charge in [0.15, 0.2) is 0 Å². The number of fused-ring (bicyclic) bond motifs is 1. The van der Waals surface area contributed by atoms with Gasteiger partial charge in [-0.3, -0.25) is 0 Å². The lowest BCUT2D eigenvalue weighted by Gasteiger charge is -2.02. The quantitative estimate of drug-likeness (QED) is 0.667. The molecule has 0 aliphatic heterocycles. The number of hydrogen-bond acceptors (Lipinski definition) is 3. The van der Waals surface area contributed by atoms with Crippen LogP contribution in [0.4, 0.5) is 4.39 Å². The molecular weight excluding hydrogens is 265 g/mol. The average molecular weight is 277 g/mol. The summed E-state index contributed by atoms with van der Waals surface area (Å²) in [5.41, 5.74) is 0.489. The molecule has 0 saturated carbocycles. The summed E-state index contributed by atoms with van der Waals surface area (Å²) in [6.45, 7) is 2.46. The van der Waals surface area contributed by atoms with Gasteiger partial charge in [0, 0.05) is 22.2 Å². The third-order valence-corrected chi connectivity index (χ3v) is 3.83. The Morgan fingerprint density at radius 2 is 2.32 bits per heavy atom. The summed E-state index contributed by atoms with van der Waals surface area (Å²) < 4.78 is 14.5. The molecule has 0 aliphatic rings. The van der Waals surface area contributed by atoms with Gasteiger partial charge in [0.25, 0.3) is 0 Å². The molecule has 98 valence electrons. The Labute approximate surface area is 114 Å². The number of carbonyl (C=O) groups is 1. The third kappa shape index (κ3) is 2.75. The van der Waals surface area contributed by atoms with Crippen LogP contribution < -0.4 is 5.32 Å². The fourth-order valence-electron chi connectivity index (χ4n) is 1.85. The highest BCUT2D eigenvalue weighted by molar-refractivity contribution is 7.21. The van der Waals surface area contributed by atoms with Crippen LogP contribution in [-0.4, -0.2) is 17.6 Å². The van der Waals surface area contributed by atoms with Crippen molar-refractivity contribution in [1.82, 2.24) is 5.32 Å². The first kappa shape index (κ1) is 13.5. The van der Waals surface area contributed by atoms with Crippen LogP contribution in [0.3, 0.4) is 0 Å². The van der Waals surface area contributed by atoms with E-state index in [9.17, 15) is 14.3 Å². The van der Waals surface area contributed by atoms with Crippen molar-refractivity contribution in [3.8, 4) is 11.8 Å². The molecule has 0 unspecified atom stereocenters. The zero-order valence-electron chi connectivity index (χ0n) is 10.3. The van der Waals surface area contributed by atoms with Gasteiger partial charge < -0.3 is 10.4 Å². The van der Waals surface area contributed by atoms with E-state index in [0.717, 1.165) is 11.3 Å². The van der Waals surface area contributed by atoms with Crippen LogP contribution in [0, 0.1) is 17.7 Å². The molecule has 2 rings (SSSR count). The number of aromatic carboxylic acids is 1. The van der Waals surface area contributed by atoms with E-state index in [-0.39, 0.29) is 17.2 Å². The predicted molar refractivity (Wildman–Crippen MR) is 73.9 cm³/mol. The van der Waals surface area contributed by atoms with Crippen LogP contribution in [0.2, 0.25) is 0 Å². The van der Waals surface area contributed by atoms with Crippen LogP contribution in [0.25, 0.3) is 10.1 Å². The second-order valence-corrected chi connectivity index (χ2v) is 4.91. The molecule has 0 spiro atoms. The molecule has 0 radical (unpaired) electrons. The summed E-state index contributed by atoms with van der Waals surface area (Å²) in [6.07, 6.45) is 0. The van der Waals surface area contributed by atoms with Crippen molar-refractivity contribution in [1.29, 1.82) is 0 Å². The van der Waals surface area contributed by atoms with E-state index in [1.807, 2.05) is 0 Å². The molecule has 1 aromatic heterocycles. The van der Waals surface area contributed by atoms with E-state index in [2.05, 4.69) is 17.2 Å². The van der Waals surface area contributed by atoms with E-state index < -0.39 is 5.97 Å². The average Bonchev–Trinajstić information content (AvgIpc) is 2.75. The first-order chi connectivity index (χ1) is 9.15. The second kappa shape index (κ2) is 5.83. The molecule has 0 atom stereocenters. The molecule has 3 nitrogen and oxygen atoms in total. The topological polar surface area (TPSA) is 49.3 Å². The Balaban J connectivity index is 2.44. The van der Waals surface area contributed by atoms with Gasteiger partial charge in [-0.1, -0.05) is 12.0 Å². The van der Waals surface area contributed by atoms with Gasteiger partial charge in [0.2, 0.25) is 0 Å². The van der Waals surface area contributed by atoms with Crippen molar-refractivity contribution < 1.29 is 14.3 Å². The fourth-order valence-corrected chi connectivity index (χ4v) is 2.92. The maximum atomic E-state index is 13.9. The number of hydrogen-bond donors (Lipinski definition) is 2. The van der Waals surface area contributed by atoms with Gasteiger partial charge >= 0.3 is 5.97 Å². The van der Waals surface area contributed by atoms with Gasteiger partial charge in [-0.05, 0) is 19.1 Å². The monoisotopic (exact) mass is 277 g/mol. The summed E-state index contributed by atoms with van der Waals surface area (Å²) in [6, 6.07) is 4.65. The van der Waals surface area contributed by atoms with Crippen LogP contribution >= 0.6 is 11.3 Å². The van der Waals surface area contributed by atoms with Gasteiger partial charge in [0.05, 0.1) is 6.54 Å². The highest BCUT2D eigenvalue weighted by Gasteiger charge is 2.19. The number of thiophene rings is 1. The van der Waals surface area contributed by atoms with Crippen LogP contribution in [-0.2, 0) is 6.54 Å². The highest BCUT2D eigenvalue weighted by atomic mass is 32.1.